The highest BCUT2D eigenvalue weighted by molar-refractivity contribution is 5.89. The number of anilines is 2. The number of urea groups is 1. The predicted molar refractivity (Wildman–Crippen MR) is 102 cm³/mol. The lowest BCUT2D eigenvalue weighted by atomic mass is 10.1. The molecular weight excluding hydrogens is 346 g/mol. The van der Waals surface area contributed by atoms with Gasteiger partial charge in [-0.15, -0.1) is 0 Å². The van der Waals surface area contributed by atoms with Gasteiger partial charge in [0.15, 0.2) is 0 Å². The minimum absolute atomic E-state index is 0.0897. The third kappa shape index (κ3) is 3.74. The molecule has 0 spiro atoms. The second-order valence-corrected chi connectivity index (χ2v) is 6.76. The number of aromatic nitrogens is 2. The smallest absolute Gasteiger partial charge is 0.321 e. The summed E-state index contributed by atoms with van der Waals surface area (Å²) in [6.45, 7) is 4.62. The van der Waals surface area contributed by atoms with Crippen molar-refractivity contribution in [2.45, 2.75) is 19.4 Å². The molecule has 0 saturated carbocycles. The van der Waals surface area contributed by atoms with Crippen LogP contribution in [0.3, 0.4) is 0 Å². The molecule has 4 rings (SSSR count). The van der Waals surface area contributed by atoms with Crippen LogP contribution in [0.1, 0.15) is 12.5 Å². The minimum atomic E-state index is -0.0897. The fourth-order valence-corrected chi connectivity index (χ4v) is 3.41. The zero-order valence-electron chi connectivity index (χ0n) is 15.5. The third-order valence-corrected chi connectivity index (χ3v) is 4.82. The second-order valence-electron chi connectivity index (χ2n) is 6.76. The van der Waals surface area contributed by atoms with Crippen LogP contribution in [0, 0.1) is 0 Å². The zero-order chi connectivity index (χ0) is 18.8. The van der Waals surface area contributed by atoms with Crippen LogP contribution in [-0.4, -0.2) is 60.3 Å². The molecule has 0 aliphatic carbocycles. The minimum Gasteiger partial charge on any atom is -0.490 e. The van der Waals surface area contributed by atoms with Crippen molar-refractivity contribution in [2.75, 3.05) is 43.5 Å². The van der Waals surface area contributed by atoms with E-state index in [-0.39, 0.29) is 12.1 Å². The SMILES string of the molecule is COc1ccnc(N2CCN(C(=O)Nc3ccc4c(c3)C[C@@H](C)O4)CC2)n1. The maximum atomic E-state index is 12.6. The summed E-state index contributed by atoms with van der Waals surface area (Å²) in [7, 11) is 1.58. The summed E-state index contributed by atoms with van der Waals surface area (Å²) >= 11 is 0. The number of amides is 2. The number of carbonyl (C=O) groups is 1. The highest BCUT2D eigenvalue weighted by atomic mass is 16.5. The van der Waals surface area contributed by atoms with Crippen molar-refractivity contribution in [1.82, 2.24) is 14.9 Å². The van der Waals surface area contributed by atoms with Crippen LogP contribution >= 0.6 is 0 Å². The van der Waals surface area contributed by atoms with E-state index in [0.29, 0.717) is 38.0 Å². The third-order valence-electron chi connectivity index (χ3n) is 4.82. The molecule has 2 aliphatic heterocycles. The van der Waals surface area contributed by atoms with Crippen LogP contribution < -0.4 is 19.7 Å². The number of rotatable bonds is 3. The van der Waals surface area contributed by atoms with E-state index in [1.807, 2.05) is 30.0 Å². The van der Waals surface area contributed by atoms with E-state index < -0.39 is 0 Å². The Kier molecular flexibility index (Phi) is 4.70. The van der Waals surface area contributed by atoms with Gasteiger partial charge in [0.25, 0.3) is 0 Å². The molecule has 0 unspecified atom stereocenters. The first-order valence-corrected chi connectivity index (χ1v) is 9.10. The standard InChI is InChI=1S/C19H23N5O3/c1-13-11-14-12-15(3-4-16(14)27-13)21-19(25)24-9-7-23(8-10-24)18-20-6-5-17(22-18)26-2/h3-6,12-13H,7-11H2,1-2H3,(H,21,25)/t13-/m1/s1. The number of ether oxygens (including phenoxy) is 2. The second kappa shape index (κ2) is 7.30. The van der Waals surface area contributed by atoms with Gasteiger partial charge in [-0.2, -0.15) is 4.98 Å². The van der Waals surface area contributed by atoms with Crippen LogP contribution in [-0.2, 0) is 6.42 Å². The number of hydrogen-bond acceptors (Lipinski definition) is 6. The summed E-state index contributed by atoms with van der Waals surface area (Å²) in [6.07, 6.45) is 2.74. The number of benzene rings is 1. The van der Waals surface area contributed by atoms with Crippen LogP contribution in [0.4, 0.5) is 16.4 Å². The first-order valence-electron chi connectivity index (χ1n) is 9.10. The Labute approximate surface area is 158 Å². The number of methoxy groups -OCH3 is 1. The molecule has 2 amide bonds. The Hall–Kier alpha value is -3.03. The molecule has 142 valence electrons. The highest BCUT2D eigenvalue weighted by Crippen LogP contribution is 2.31. The van der Waals surface area contributed by atoms with E-state index in [4.69, 9.17) is 9.47 Å². The summed E-state index contributed by atoms with van der Waals surface area (Å²) in [5, 5.41) is 2.99. The maximum absolute atomic E-state index is 12.6. The Balaban J connectivity index is 1.34. The van der Waals surface area contributed by atoms with E-state index in [1.165, 1.54) is 0 Å². The quantitative estimate of drug-likeness (QED) is 0.893. The molecule has 1 saturated heterocycles. The van der Waals surface area contributed by atoms with Crippen molar-refractivity contribution in [3.8, 4) is 11.6 Å². The summed E-state index contributed by atoms with van der Waals surface area (Å²) in [5.74, 6) is 2.07. The predicted octanol–water partition coefficient (Wildman–Crippen LogP) is 2.16. The van der Waals surface area contributed by atoms with Gasteiger partial charge in [0, 0.05) is 50.6 Å². The Morgan fingerprint density at radius 3 is 2.85 bits per heavy atom. The number of piperazine rings is 1. The molecule has 8 nitrogen and oxygen atoms in total. The molecule has 8 heteroatoms. The average Bonchev–Trinajstić information content (AvgIpc) is 3.07. The van der Waals surface area contributed by atoms with E-state index in [2.05, 4.69) is 20.2 Å². The van der Waals surface area contributed by atoms with Gasteiger partial charge < -0.3 is 24.6 Å². The Bertz CT molecular complexity index is 836. The van der Waals surface area contributed by atoms with Gasteiger partial charge in [-0.25, -0.2) is 9.78 Å². The maximum Gasteiger partial charge on any atom is 0.321 e. The molecule has 0 radical (unpaired) electrons. The monoisotopic (exact) mass is 369 g/mol. The number of nitrogens with zero attached hydrogens (tertiary/aromatic N) is 4. The van der Waals surface area contributed by atoms with Crippen LogP contribution in [0.25, 0.3) is 0 Å². The largest absolute Gasteiger partial charge is 0.490 e. The highest BCUT2D eigenvalue weighted by Gasteiger charge is 2.24. The Morgan fingerprint density at radius 1 is 1.26 bits per heavy atom. The van der Waals surface area contributed by atoms with E-state index in [1.54, 1.807) is 19.4 Å². The zero-order valence-corrected chi connectivity index (χ0v) is 15.5. The molecule has 1 aromatic heterocycles. The van der Waals surface area contributed by atoms with Crippen molar-refractivity contribution in [3.63, 3.8) is 0 Å². The summed E-state index contributed by atoms with van der Waals surface area (Å²) in [6, 6.07) is 7.43. The van der Waals surface area contributed by atoms with E-state index in [0.717, 1.165) is 23.4 Å². The topological polar surface area (TPSA) is 79.8 Å². The van der Waals surface area contributed by atoms with E-state index >= 15 is 0 Å². The normalized spacial score (nSPS) is 18.7. The number of hydrogen-bond donors (Lipinski definition) is 1. The molecule has 27 heavy (non-hydrogen) atoms. The molecule has 3 heterocycles. The number of fused-ring (bicyclic) bond motifs is 1. The van der Waals surface area contributed by atoms with Gasteiger partial charge in [0.2, 0.25) is 11.8 Å². The molecule has 1 fully saturated rings. The molecule has 1 aromatic carbocycles. The molecule has 2 aliphatic rings. The average molecular weight is 369 g/mol. The van der Waals surface area contributed by atoms with Gasteiger partial charge >= 0.3 is 6.03 Å². The summed E-state index contributed by atoms with van der Waals surface area (Å²) in [4.78, 5) is 25.1. The molecule has 0 bridgehead atoms. The molecule has 2 aromatic rings. The summed E-state index contributed by atoms with van der Waals surface area (Å²) < 4.78 is 10.9. The van der Waals surface area contributed by atoms with Crippen molar-refractivity contribution in [3.05, 3.63) is 36.0 Å². The fraction of sp³-hybridized carbons (Fsp3) is 0.421. The van der Waals surface area contributed by atoms with Crippen molar-refractivity contribution >= 4 is 17.7 Å². The number of nitrogens with one attached hydrogen (secondary N) is 1. The van der Waals surface area contributed by atoms with Crippen molar-refractivity contribution < 1.29 is 14.3 Å². The van der Waals surface area contributed by atoms with Gasteiger partial charge in [-0.1, -0.05) is 0 Å². The molecule has 1 N–H and O–H groups in total. The van der Waals surface area contributed by atoms with Gasteiger partial charge in [-0.3, -0.25) is 0 Å². The van der Waals surface area contributed by atoms with E-state index in [9.17, 15) is 4.79 Å². The van der Waals surface area contributed by atoms with Crippen LogP contribution in [0.5, 0.6) is 11.6 Å². The lowest BCUT2D eigenvalue weighted by molar-refractivity contribution is 0.208. The van der Waals surface area contributed by atoms with Crippen molar-refractivity contribution in [2.24, 2.45) is 0 Å². The van der Waals surface area contributed by atoms with Crippen molar-refractivity contribution in [1.29, 1.82) is 0 Å². The lowest BCUT2D eigenvalue weighted by Crippen LogP contribution is -2.50. The fourth-order valence-electron chi connectivity index (χ4n) is 3.41. The molecular formula is C19H23N5O3. The first-order chi connectivity index (χ1) is 13.1. The lowest BCUT2D eigenvalue weighted by Gasteiger charge is -2.34. The first kappa shape index (κ1) is 17.4. The number of carbonyl (C=O) groups excluding carboxylic acids is 1. The van der Waals surface area contributed by atoms with Crippen LogP contribution in [0.15, 0.2) is 30.5 Å². The summed E-state index contributed by atoms with van der Waals surface area (Å²) in [5.41, 5.74) is 1.94. The Morgan fingerprint density at radius 2 is 2.07 bits per heavy atom. The van der Waals surface area contributed by atoms with Gasteiger partial charge in [0.05, 0.1) is 7.11 Å². The van der Waals surface area contributed by atoms with Crippen LogP contribution in [0.2, 0.25) is 0 Å². The van der Waals surface area contributed by atoms with Gasteiger partial charge in [0.1, 0.15) is 11.9 Å². The molecule has 1 atom stereocenters. The van der Waals surface area contributed by atoms with Gasteiger partial charge in [-0.05, 0) is 30.7 Å².